The molecule has 8 heteroatoms. The summed E-state index contributed by atoms with van der Waals surface area (Å²) in [4.78, 5) is 21.3. The maximum Gasteiger partial charge on any atom is 0.199 e. The fourth-order valence-corrected chi connectivity index (χ4v) is 4.41. The molecular weight excluding hydrogens is 422 g/mol. The lowest BCUT2D eigenvalue weighted by molar-refractivity contribution is 0.0786. The van der Waals surface area contributed by atoms with Gasteiger partial charge < -0.3 is 9.15 Å². The van der Waals surface area contributed by atoms with Gasteiger partial charge in [-0.15, -0.1) is 4.91 Å². The normalized spacial score (nSPS) is 15.3. The number of halogens is 1. The van der Waals surface area contributed by atoms with E-state index in [2.05, 4.69) is 10.2 Å². The summed E-state index contributed by atoms with van der Waals surface area (Å²) >= 11 is 7.81. The summed E-state index contributed by atoms with van der Waals surface area (Å²) in [6, 6.07) is 11.3. The van der Waals surface area contributed by atoms with Gasteiger partial charge in [0.15, 0.2) is 11.0 Å². The van der Waals surface area contributed by atoms with Crippen LogP contribution in [-0.2, 0) is 10.3 Å². The standard InChI is InChI=1S/C22H22ClN3O3S/c1-22(2,26-27)18-8-7-15(13-24-18)19-21(30-17-6-4-3-5-16(17)23)29-20(25-19)14-9-11-28-12-10-14/h3-8,13-14H,9-12H2,1-2H3. The molecule has 2 aromatic heterocycles. The Morgan fingerprint density at radius 2 is 1.93 bits per heavy atom. The Morgan fingerprint density at radius 3 is 2.60 bits per heavy atom. The molecule has 1 aliphatic heterocycles. The number of benzene rings is 1. The molecule has 3 heterocycles. The van der Waals surface area contributed by atoms with E-state index in [-0.39, 0.29) is 5.92 Å². The van der Waals surface area contributed by atoms with Crippen molar-refractivity contribution in [2.45, 2.75) is 48.1 Å². The third-order valence-corrected chi connectivity index (χ3v) is 6.59. The maximum atomic E-state index is 11.1. The Balaban J connectivity index is 1.72. The topological polar surface area (TPSA) is 77.6 Å². The largest absolute Gasteiger partial charge is 0.433 e. The molecule has 1 saturated heterocycles. The third kappa shape index (κ3) is 4.43. The van der Waals surface area contributed by atoms with Crippen LogP contribution >= 0.6 is 23.4 Å². The third-order valence-electron chi connectivity index (χ3n) is 5.11. The van der Waals surface area contributed by atoms with Crippen molar-refractivity contribution in [3.63, 3.8) is 0 Å². The van der Waals surface area contributed by atoms with E-state index in [0.29, 0.717) is 34.9 Å². The van der Waals surface area contributed by atoms with Gasteiger partial charge in [-0.2, -0.15) is 0 Å². The first kappa shape index (κ1) is 21.0. The minimum Gasteiger partial charge on any atom is -0.433 e. The lowest BCUT2D eigenvalue weighted by Gasteiger charge is -2.18. The molecule has 1 fully saturated rings. The number of nitroso groups, excluding NO2 is 1. The Hall–Kier alpha value is -2.22. The van der Waals surface area contributed by atoms with Gasteiger partial charge in [0, 0.05) is 35.8 Å². The fraction of sp³-hybridized carbons (Fsp3) is 0.364. The first-order valence-corrected chi connectivity index (χ1v) is 11.0. The van der Waals surface area contributed by atoms with Crippen molar-refractivity contribution in [1.29, 1.82) is 0 Å². The number of hydrogen-bond donors (Lipinski definition) is 0. The van der Waals surface area contributed by atoms with Crippen molar-refractivity contribution in [2.75, 3.05) is 13.2 Å². The summed E-state index contributed by atoms with van der Waals surface area (Å²) in [6.45, 7) is 4.89. The van der Waals surface area contributed by atoms with Gasteiger partial charge in [0.1, 0.15) is 11.2 Å². The second-order valence-corrected chi connectivity index (χ2v) is 9.11. The minimum absolute atomic E-state index is 0.225. The van der Waals surface area contributed by atoms with Crippen LogP contribution in [0, 0.1) is 4.91 Å². The summed E-state index contributed by atoms with van der Waals surface area (Å²) in [6.07, 6.45) is 3.48. The fourth-order valence-electron chi connectivity index (χ4n) is 3.26. The molecule has 0 aliphatic carbocycles. The van der Waals surface area contributed by atoms with Crippen molar-refractivity contribution in [1.82, 2.24) is 9.97 Å². The molecule has 30 heavy (non-hydrogen) atoms. The average Bonchev–Trinajstić information content (AvgIpc) is 3.20. The van der Waals surface area contributed by atoms with Gasteiger partial charge in [0.25, 0.3) is 0 Å². The molecule has 0 amide bonds. The molecule has 0 N–H and O–H groups in total. The summed E-state index contributed by atoms with van der Waals surface area (Å²) in [5.74, 6) is 0.936. The van der Waals surface area contributed by atoms with Crippen LogP contribution in [0.5, 0.6) is 0 Å². The second kappa shape index (κ2) is 8.88. The van der Waals surface area contributed by atoms with Crippen LogP contribution in [0.3, 0.4) is 0 Å². The highest BCUT2D eigenvalue weighted by Crippen LogP contribution is 2.41. The summed E-state index contributed by atoms with van der Waals surface area (Å²) in [5, 5.41) is 4.49. The SMILES string of the molecule is CC(C)(N=O)c1ccc(-c2nc(C3CCOCC3)oc2Sc2ccccc2Cl)cn1. The number of aromatic nitrogens is 2. The Bertz CT molecular complexity index is 1030. The van der Waals surface area contributed by atoms with Crippen LogP contribution in [0.2, 0.25) is 5.02 Å². The van der Waals surface area contributed by atoms with Crippen LogP contribution < -0.4 is 0 Å². The lowest BCUT2D eigenvalue weighted by atomic mass is 10.0. The van der Waals surface area contributed by atoms with Gasteiger partial charge in [-0.3, -0.25) is 4.98 Å². The quantitative estimate of drug-likeness (QED) is 0.408. The van der Waals surface area contributed by atoms with Crippen molar-refractivity contribution < 1.29 is 9.15 Å². The van der Waals surface area contributed by atoms with E-state index in [0.717, 1.165) is 29.0 Å². The predicted octanol–water partition coefficient (Wildman–Crippen LogP) is 6.44. The van der Waals surface area contributed by atoms with Crippen LogP contribution in [0.25, 0.3) is 11.3 Å². The number of nitrogens with zero attached hydrogens (tertiary/aromatic N) is 3. The van der Waals surface area contributed by atoms with E-state index < -0.39 is 5.54 Å². The van der Waals surface area contributed by atoms with Gasteiger partial charge in [-0.25, -0.2) is 4.98 Å². The van der Waals surface area contributed by atoms with Gasteiger partial charge >= 0.3 is 0 Å². The average molecular weight is 444 g/mol. The molecule has 3 aromatic rings. The van der Waals surface area contributed by atoms with Crippen molar-refractivity contribution >= 4 is 23.4 Å². The van der Waals surface area contributed by atoms with Gasteiger partial charge in [-0.1, -0.05) is 28.9 Å². The molecule has 0 saturated carbocycles. The second-order valence-electron chi connectivity index (χ2n) is 7.69. The van der Waals surface area contributed by atoms with E-state index >= 15 is 0 Å². The highest BCUT2D eigenvalue weighted by atomic mass is 35.5. The van der Waals surface area contributed by atoms with Crippen LogP contribution in [0.15, 0.2) is 62.2 Å². The molecule has 6 nitrogen and oxygen atoms in total. The van der Waals surface area contributed by atoms with Crippen LogP contribution in [-0.4, -0.2) is 23.2 Å². The van der Waals surface area contributed by atoms with Crippen molar-refractivity contribution in [2.24, 2.45) is 5.18 Å². The molecule has 0 radical (unpaired) electrons. The predicted molar refractivity (Wildman–Crippen MR) is 117 cm³/mol. The van der Waals surface area contributed by atoms with Gasteiger partial charge in [0.2, 0.25) is 0 Å². The smallest absolute Gasteiger partial charge is 0.199 e. The Kier molecular flexibility index (Phi) is 6.22. The molecular formula is C22H22ClN3O3S. The van der Waals surface area contributed by atoms with Crippen molar-refractivity contribution in [3.8, 4) is 11.3 Å². The molecule has 4 rings (SSSR count). The number of rotatable bonds is 6. The number of pyridine rings is 1. The van der Waals surface area contributed by atoms with Gasteiger partial charge in [0.05, 0.1) is 10.7 Å². The zero-order chi connectivity index (χ0) is 21.1. The van der Waals surface area contributed by atoms with Gasteiger partial charge in [-0.05, 0) is 62.7 Å². The summed E-state index contributed by atoms with van der Waals surface area (Å²) in [7, 11) is 0. The maximum absolute atomic E-state index is 11.1. The first-order valence-electron chi connectivity index (χ1n) is 9.80. The molecule has 156 valence electrons. The number of hydrogen-bond acceptors (Lipinski definition) is 7. The van der Waals surface area contributed by atoms with Crippen LogP contribution in [0.4, 0.5) is 0 Å². The molecule has 0 spiro atoms. The summed E-state index contributed by atoms with van der Waals surface area (Å²) in [5.41, 5.74) is 1.26. The van der Waals surface area contributed by atoms with Crippen LogP contribution in [0.1, 0.15) is 44.2 Å². The lowest BCUT2D eigenvalue weighted by Crippen LogP contribution is -2.14. The van der Waals surface area contributed by atoms with Crippen molar-refractivity contribution in [3.05, 3.63) is 64.1 Å². The number of ether oxygens (including phenoxy) is 1. The highest BCUT2D eigenvalue weighted by molar-refractivity contribution is 7.99. The zero-order valence-electron chi connectivity index (χ0n) is 16.8. The number of oxazole rings is 1. The Labute approximate surface area is 184 Å². The molecule has 0 bridgehead atoms. The highest BCUT2D eigenvalue weighted by Gasteiger charge is 2.27. The Morgan fingerprint density at radius 1 is 1.17 bits per heavy atom. The van der Waals surface area contributed by atoms with E-state index in [9.17, 15) is 4.91 Å². The summed E-state index contributed by atoms with van der Waals surface area (Å²) < 4.78 is 11.7. The monoisotopic (exact) mass is 443 g/mol. The van der Waals surface area contributed by atoms with E-state index in [1.807, 2.05) is 36.4 Å². The van der Waals surface area contributed by atoms with E-state index in [4.69, 9.17) is 25.7 Å². The molecule has 1 aliphatic rings. The molecule has 0 unspecified atom stereocenters. The first-order chi connectivity index (χ1) is 14.5. The zero-order valence-corrected chi connectivity index (χ0v) is 18.4. The van der Waals surface area contributed by atoms with E-state index in [1.165, 1.54) is 11.8 Å². The van der Waals surface area contributed by atoms with E-state index in [1.54, 1.807) is 20.0 Å². The minimum atomic E-state index is -0.884. The molecule has 0 atom stereocenters. The molecule has 1 aromatic carbocycles.